The number of hydrogen-bond acceptors (Lipinski definition) is 49. The van der Waals surface area contributed by atoms with Gasteiger partial charge in [-0.2, -0.15) is 84.2 Å². The Bertz CT molecular complexity index is 5670. The summed E-state index contributed by atoms with van der Waals surface area (Å²) in [5.74, 6) is -5.36. The van der Waals surface area contributed by atoms with E-state index in [0.29, 0.717) is 0 Å². The number of alkyl halides is 4. The van der Waals surface area contributed by atoms with Crippen molar-refractivity contribution in [2.75, 3.05) is 31.6 Å². The molecule has 63 nitrogen and oxygen atoms in total. The third-order valence-corrected chi connectivity index (χ3v) is 25.1. The van der Waals surface area contributed by atoms with Gasteiger partial charge in [0.2, 0.25) is 5.79 Å². The predicted octanol–water partition coefficient (Wildman–Crippen LogP) is -4.82. The molecule has 9 heterocycles. The van der Waals surface area contributed by atoms with E-state index in [2.05, 4.69) is 53.8 Å². The highest BCUT2D eigenvalue weighted by molar-refractivity contribution is 7.83. The van der Waals surface area contributed by atoms with Crippen LogP contribution >= 0.6 is 46.4 Å². The van der Waals surface area contributed by atoms with Gasteiger partial charge in [-0.05, 0) is 19.8 Å². The van der Waals surface area contributed by atoms with Crippen LogP contribution in [0.5, 0.6) is 0 Å². The van der Waals surface area contributed by atoms with E-state index < -0.39 is 319 Å². The summed E-state index contributed by atoms with van der Waals surface area (Å²) in [5.41, 5.74) is -2.05. The lowest BCUT2D eigenvalue weighted by atomic mass is 9.98. The molecule has 5 saturated heterocycles. The molecule has 0 amide bonds. The van der Waals surface area contributed by atoms with E-state index in [1.54, 1.807) is 0 Å². The van der Waals surface area contributed by atoms with Crippen molar-refractivity contribution in [2.24, 2.45) is 5.92 Å². The number of halogens is 4. The minimum absolute atomic E-state index is 0.0590. The van der Waals surface area contributed by atoms with Crippen LogP contribution in [0.15, 0.2) is 24.8 Å². The van der Waals surface area contributed by atoms with Gasteiger partial charge < -0.3 is 52.1 Å². The first kappa shape index (κ1) is 106. The zero-order valence-electron chi connectivity index (χ0n) is 64.0. The molecule has 4 aromatic heterocycles. The van der Waals surface area contributed by atoms with Crippen LogP contribution in [-0.4, -0.2) is 354 Å². The lowest BCUT2D eigenvalue weighted by Gasteiger charge is -2.44. The molecule has 23 atom stereocenters. The number of nitrogens with zero attached hydrogens (tertiary/aromatic N) is 12. The summed E-state index contributed by atoms with van der Waals surface area (Å²) in [6.45, 7) is -3.14. The van der Waals surface area contributed by atoms with Gasteiger partial charge in [-0.3, -0.25) is 50.2 Å². The summed E-state index contributed by atoms with van der Waals surface area (Å²) in [6.07, 6.45) is -33.4. The van der Waals surface area contributed by atoms with E-state index in [0.717, 1.165) is 31.8 Å². The van der Waals surface area contributed by atoms with E-state index in [1.807, 2.05) is 0 Å². The second-order valence-corrected chi connectivity index (χ2v) is 40.3. The topological polar surface area (TPSA) is 860 Å². The second-order valence-electron chi connectivity index (χ2n) is 28.2. The van der Waals surface area contributed by atoms with E-state index >= 15 is 0 Å². The van der Waals surface area contributed by atoms with E-state index in [4.69, 9.17) is 132 Å². The fourth-order valence-electron chi connectivity index (χ4n) is 13.8. The standard InChI is InChI=1S/C51H76Cl4N12O51S10/c1-25-42(55)45(117-127(92,93)94)46(118-128(95,96)97)49(103-25)109-51(22-53)40(114-124(83,84)85)7-32(107-51)17-65-16-30(59-61-65)19-101-48-44(116-126(89,90)91)35(110-120(71,72)73)6-31(104-48)4-27-13-66(62-56-27)23-98-2-3-99-24-67-14-28(57-63-67)5-34-43(115-125(86,87)88)36(111-121(74,75)76)9-41(105-34)100-18-29-15-64(60-58-29)12-26-10-50(21-52,11-38(26)113-123(80,81)82)108-47-37(112-122(77,78)79)8-33(54)39(106-47)20-102-119(68,69)70/h13-16,25-26,31-49H,2-12,17-24H2,1H3,(H,68,69,70)(H,71,72,73)(H,74,75,76)(H,77,78,79)(H,80,81,82)(H,83,84,85)(H,86,87,88)(H,89,90,91)(H,92,93,94)(H,95,96,97)/t25-,26-,31-,32+,33-,34-,35+,36-,37-,38+,39-,40+,41+,42+,43-,44+,45+,46-,47?,48+,49-,50-,51+/m1/s1. The number of rotatable bonds is 48. The van der Waals surface area contributed by atoms with Crippen molar-refractivity contribution < 1.29 is 224 Å². The Morgan fingerprint density at radius 2 is 0.906 bits per heavy atom. The molecule has 0 aromatic carbocycles. The first-order valence-electron chi connectivity index (χ1n) is 35.5. The average molecular weight is 2140 g/mol. The third-order valence-electron chi connectivity index (χ3n) is 18.5. The fourth-order valence-corrected chi connectivity index (χ4v) is 19.9. The van der Waals surface area contributed by atoms with Gasteiger partial charge in [-0.1, -0.05) is 20.9 Å². The Balaban J connectivity index is 0.728. The van der Waals surface area contributed by atoms with Crippen LogP contribution in [0.2, 0.25) is 0 Å². The largest absolute Gasteiger partial charge is 0.397 e. The van der Waals surface area contributed by atoms with E-state index in [-0.39, 0.29) is 68.8 Å². The lowest BCUT2D eigenvalue weighted by molar-refractivity contribution is -0.349. The van der Waals surface area contributed by atoms with Crippen molar-refractivity contribution in [3.8, 4) is 0 Å². The van der Waals surface area contributed by atoms with Crippen molar-refractivity contribution in [2.45, 2.75) is 231 Å². The molecule has 0 bridgehead atoms. The van der Waals surface area contributed by atoms with E-state index in [1.165, 1.54) is 18.6 Å². The maximum Gasteiger partial charge on any atom is 0.397 e. The quantitative estimate of drug-likeness (QED) is 0.0113. The SMILES string of the molecule is C[C@H]1O[C@H](O[C@]2(CCl)O[C@H](Cn3cc(CO[C@H]4O[C@H](Cc5cn(COCCOCn6cc(C[C@H]7O[C@H](OCc8cn(C[C@H]9C[C@@](CCl)(OC%10O[C@H](COS(=O)(=O)O)[C@H](Cl)C[C@H]%10OS(=O)(=O)O)C[C@@H]9OS(=O)(=O)O)nn8)C[C@@H](OS(=O)(=O)O)[C@@H]7OS(=O)(=O)O)nn6)nn5)C[C@H](OS(=O)(=O)O)[C@@H]4OS(=O)(=O)O)nn3)C[C@@H]2OS(=O)(=O)O)[C@H](OS(=O)(=O)O)[C@@H](OS(=O)(=O)O)[C@H]1Cl. The molecule has 734 valence electrons. The van der Waals surface area contributed by atoms with Gasteiger partial charge in [-0.15, -0.1) is 66.8 Å². The lowest BCUT2D eigenvalue weighted by Crippen LogP contribution is -2.61. The van der Waals surface area contributed by atoms with Gasteiger partial charge in [0.1, 0.15) is 67.6 Å². The van der Waals surface area contributed by atoms with E-state index in [9.17, 15) is 125 Å². The molecule has 10 rings (SSSR count). The molecule has 0 radical (unpaired) electrons. The molecule has 4 aromatic rings. The first-order valence-corrected chi connectivity index (χ1v) is 51.1. The van der Waals surface area contributed by atoms with Gasteiger partial charge in [0, 0.05) is 51.0 Å². The monoisotopic (exact) mass is 2130 g/mol. The molecule has 1 aliphatic carbocycles. The minimum Gasteiger partial charge on any atom is -0.357 e. The van der Waals surface area contributed by atoms with Crippen molar-refractivity contribution in [3.05, 3.63) is 47.6 Å². The summed E-state index contributed by atoms with van der Waals surface area (Å²) in [5, 5.41) is 28.5. The van der Waals surface area contributed by atoms with Gasteiger partial charge in [0.15, 0.2) is 37.4 Å². The Morgan fingerprint density at radius 3 is 1.45 bits per heavy atom. The van der Waals surface area contributed by atoms with Crippen LogP contribution in [0.1, 0.15) is 68.2 Å². The highest BCUT2D eigenvalue weighted by Gasteiger charge is 2.60. The Hall–Kier alpha value is -4.02. The van der Waals surface area contributed by atoms with Crippen LogP contribution in [0.4, 0.5) is 0 Å². The fraction of sp³-hybridized carbons (Fsp3) is 0.843. The smallest absolute Gasteiger partial charge is 0.357 e. The minimum atomic E-state index is -5.63. The Labute approximate surface area is 744 Å². The molecule has 1 saturated carbocycles. The van der Waals surface area contributed by atoms with Crippen LogP contribution < -0.4 is 0 Å². The Morgan fingerprint density at radius 1 is 0.430 bits per heavy atom. The second kappa shape index (κ2) is 42.7. The van der Waals surface area contributed by atoms with Crippen molar-refractivity contribution in [1.82, 2.24) is 60.0 Å². The molecule has 6 fully saturated rings. The molecular formula is C51H76Cl4N12O51S10. The molecular weight excluding hydrogens is 2060 g/mol. The van der Waals surface area contributed by atoms with Crippen LogP contribution in [0, 0.1) is 5.92 Å². The summed E-state index contributed by atoms with van der Waals surface area (Å²) in [7, 11) is -54.3. The van der Waals surface area contributed by atoms with Crippen LogP contribution in [0.25, 0.3) is 0 Å². The summed E-state index contributed by atoms with van der Waals surface area (Å²) < 4.78 is 451. The third kappa shape index (κ3) is 33.5. The van der Waals surface area contributed by atoms with Gasteiger partial charge >= 0.3 is 104 Å². The van der Waals surface area contributed by atoms with Crippen molar-refractivity contribution >= 4 is 150 Å². The van der Waals surface area contributed by atoms with Gasteiger partial charge in [0.05, 0.1) is 134 Å². The Kier molecular flexibility index (Phi) is 35.4. The van der Waals surface area contributed by atoms with Crippen molar-refractivity contribution in [3.63, 3.8) is 0 Å². The summed E-state index contributed by atoms with van der Waals surface area (Å²) in [4.78, 5) is 0. The highest BCUT2D eigenvalue weighted by Crippen LogP contribution is 2.46. The molecule has 1 unspecified atom stereocenters. The van der Waals surface area contributed by atoms with Crippen molar-refractivity contribution in [1.29, 1.82) is 0 Å². The molecule has 128 heavy (non-hydrogen) atoms. The average Bonchev–Trinajstić information content (AvgIpc) is 1.73. The summed E-state index contributed by atoms with van der Waals surface area (Å²) >= 11 is 25.1. The maximum atomic E-state index is 12.2. The molecule has 6 aliphatic rings. The highest BCUT2D eigenvalue weighted by atomic mass is 35.5. The summed E-state index contributed by atoms with van der Waals surface area (Å²) in [6, 6.07) is 0. The van der Waals surface area contributed by atoms with Gasteiger partial charge in [0.25, 0.3) is 0 Å². The molecule has 77 heteroatoms. The maximum absolute atomic E-state index is 12.2. The zero-order chi connectivity index (χ0) is 94.5. The van der Waals surface area contributed by atoms with Crippen LogP contribution in [-0.2, 0) is 251 Å². The first-order chi connectivity index (χ1) is 59.0. The zero-order valence-corrected chi connectivity index (χ0v) is 75.2. The predicted molar refractivity (Wildman–Crippen MR) is 399 cm³/mol. The van der Waals surface area contributed by atoms with Crippen LogP contribution in [0.3, 0.4) is 0 Å². The molecule has 5 aliphatic heterocycles. The number of hydrogen-bond donors (Lipinski definition) is 10. The molecule has 0 spiro atoms. The van der Waals surface area contributed by atoms with Gasteiger partial charge in [-0.25, -0.2) is 55.9 Å². The normalized spacial score (nSPS) is 31.8. The number of aromatic nitrogens is 12. The number of ether oxygens (including phenoxy) is 11. The molecule has 10 N–H and O–H groups in total.